The summed E-state index contributed by atoms with van der Waals surface area (Å²) in [5.74, 6) is 0. The van der Waals surface area contributed by atoms with Gasteiger partial charge in [-0.3, -0.25) is 0 Å². The summed E-state index contributed by atoms with van der Waals surface area (Å²) >= 11 is 0. The molecule has 0 radical (unpaired) electrons. The molecule has 0 saturated heterocycles. The molecule has 0 fully saturated rings. The lowest BCUT2D eigenvalue weighted by atomic mass is 10.1. The van der Waals surface area contributed by atoms with E-state index in [0.717, 1.165) is 0 Å². The molecule has 0 saturated carbocycles. The molecule has 1 aromatic rings. The molecule has 0 amide bonds. The van der Waals surface area contributed by atoms with E-state index in [1.807, 2.05) is 0 Å². The zero-order chi connectivity index (χ0) is 10.3. The van der Waals surface area contributed by atoms with Crippen LogP contribution in [-0.4, -0.2) is 0 Å². The van der Waals surface area contributed by atoms with Crippen LogP contribution in [0.15, 0.2) is 43.5 Å². The molecule has 0 atom stereocenters. The summed E-state index contributed by atoms with van der Waals surface area (Å²) in [6.07, 6.45) is 3.28. The summed E-state index contributed by atoms with van der Waals surface area (Å²) in [4.78, 5) is 0. The highest BCUT2D eigenvalue weighted by Gasteiger charge is 1.87. The number of aryl methyl sites for hydroxylation is 3. The molecule has 0 spiro atoms. The minimum atomic E-state index is 1.35. The minimum absolute atomic E-state index is 1.35. The quantitative estimate of drug-likeness (QED) is 0.565. The molecule has 0 aliphatic rings. The summed E-state index contributed by atoms with van der Waals surface area (Å²) in [6.45, 7) is 13.1. The number of hydrogen-bond acceptors (Lipinski definition) is 0. The highest BCUT2D eigenvalue weighted by molar-refractivity contribution is 5.27. The Morgan fingerprint density at radius 3 is 1.15 bits per heavy atom. The normalized spacial score (nSPS) is 8.23. The first kappa shape index (κ1) is 11.7. The van der Waals surface area contributed by atoms with Crippen molar-refractivity contribution in [3.63, 3.8) is 0 Å². The maximum absolute atomic E-state index is 3.36. The molecular formula is C13H18. The van der Waals surface area contributed by atoms with Crippen LogP contribution in [0.25, 0.3) is 0 Å². The molecule has 0 N–H and O–H groups in total. The number of allylic oxidation sites excluding steroid dienone is 2. The van der Waals surface area contributed by atoms with Crippen molar-refractivity contribution in [2.75, 3.05) is 0 Å². The van der Waals surface area contributed by atoms with E-state index in [2.05, 4.69) is 52.1 Å². The van der Waals surface area contributed by atoms with Gasteiger partial charge < -0.3 is 0 Å². The highest BCUT2D eigenvalue weighted by atomic mass is 13.9. The Kier molecular flexibility index (Phi) is 5.62. The number of benzene rings is 1. The fraction of sp³-hybridized carbons (Fsp3) is 0.231. The van der Waals surface area contributed by atoms with Crippen molar-refractivity contribution in [1.29, 1.82) is 0 Å². The number of hydrogen-bond donors (Lipinski definition) is 0. The molecule has 0 aromatic heterocycles. The molecule has 0 nitrogen and oxygen atoms in total. The monoisotopic (exact) mass is 174 g/mol. The summed E-state index contributed by atoms with van der Waals surface area (Å²) in [6, 6.07) is 6.56. The lowest BCUT2D eigenvalue weighted by molar-refractivity contribution is 1.32. The van der Waals surface area contributed by atoms with Crippen LogP contribution in [0.4, 0.5) is 0 Å². The van der Waals surface area contributed by atoms with Crippen molar-refractivity contribution in [2.45, 2.75) is 20.8 Å². The predicted molar refractivity (Wildman–Crippen MR) is 61.0 cm³/mol. The third-order valence-corrected chi connectivity index (χ3v) is 1.53. The van der Waals surface area contributed by atoms with Gasteiger partial charge in [-0.05, 0) is 20.8 Å². The molecular weight excluding hydrogens is 156 g/mol. The van der Waals surface area contributed by atoms with Crippen LogP contribution in [0.5, 0.6) is 0 Å². The average molecular weight is 174 g/mol. The van der Waals surface area contributed by atoms with E-state index in [4.69, 9.17) is 0 Å². The standard InChI is InChI=1S/C9H12.C4H6/c1-7-4-8(2)6-9(3)5-7;1-3-4-2/h4-6H,1-3H3;3-4H,1-2H2. The van der Waals surface area contributed by atoms with Crippen molar-refractivity contribution in [3.05, 3.63) is 60.2 Å². The lowest BCUT2D eigenvalue weighted by Crippen LogP contribution is -1.78. The topological polar surface area (TPSA) is 0 Å². The van der Waals surface area contributed by atoms with E-state index in [9.17, 15) is 0 Å². The lowest BCUT2D eigenvalue weighted by Gasteiger charge is -1.96. The molecule has 0 heterocycles. The Bertz CT molecular complexity index is 226. The van der Waals surface area contributed by atoms with Crippen LogP contribution in [0, 0.1) is 20.8 Å². The first-order chi connectivity index (χ1) is 6.10. The van der Waals surface area contributed by atoms with Crippen LogP contribution in [0.1, 0.15) is 16.7 Å². The average Bonchev–Trinajstić information content (AvgIpc) is 2.02. The third kappa shape index (κ3) is 5.92. The number of rotatable bonds is 1. The largest absolute Gasteiger partial charge is 0.0991 e. The second-order valence-electron chi connectivity index (χ2n) is 3.14. The van der Waals surface area contributed by atoms with Crippen molar-refractivity contribution in [3.8, 4) is 0 Å². The van der Waals surface area contributed by atoms with Gasteiger partial charge in [0.25, 0.3) is 0 Å². The zero-order valence-corrected chi connectivity index (χ0v) is 8.80. The Labute approximate surface area is 81.6 Å². The summed E-state index contributed by atoms with van der Waals surface area (Å²) in [5, 5.41) is 0. The van der Waals surface area contributed by atoms with E-state index in [1.54, 1.807) is 12.2 Å². The van der Waals surface area contributed by atoms with E-state index in [1.165, 1.54) is 16.7 Å². The Balaban J connectivity index is 0.000000310. The van der Waals surface area contributed by atoms with Gasteiger partial charge in [-0.2, -0.15) is 0 Å². The molecule has 13 heavy (non-hydrogen) atoms. The van der Waals surface area contributed by atoms with Gasteiger partial charge in [0.15, 0.2) is 0 Å². The third-order valence-electron chi connectivity index (χ3n) is 1.53. The second kappa shape index (κ2) is 6.24. The van der Waals surface area contributed by atoms with E-state index in [0.29, 0.717) is 0 Å². The van der Waals surface area contributed by atoms with E-state index < -0.39 is 0 Å². The summed E-state index contributed by atoms with van der Waals surface area (Å²) in [7, 11) is 0. The van der Waals surface area contributed by atoms with E-state index in [-0.39, 0.29) is 0 Å². The van der Waals surface area contributed by atoms with Gasteiger partial charge in [0.1, 0.15) is 0 Å². The van der Waals surface area contributed by atoms with Crippen LogP contribution >= 0.6 is 0 Å². The van der Waals surface area contributed by atoms with Gasteiger partial charge in [0.2, 0.25) is 0 Å². The van der Waals surface area contributed by atoms with Crippen molar-refractivity contribution in [1.82, 2.24) is 0 Å². The molecule has 0 bridgehead atoms. The van der Waals surface area contributed by atoms with Crippen molar-refractivity contribution >= 4 is 0 Å². The Morgan fingerprint density at radius 1 is 0.769 bits per heavy atom. The molecule has 0 aliphatic heterocycles. The first-order valence-electron chi connectivity index (χ1n) is 4.38. The second-order valence-corrected chi connectivity index (χ2v) is 3.14. The maximum atomic E-state index is 3.36. The van der Waals surface area contributed by atoms with Crippen LogP contribution < -0.4 is 0 Å². The van der Waals surface area contributed by atoms with Gasteiger partial charge in [0.05, 0.1) is 0 Å². The van der Waals surface area contributed by atoms with Gasteiger partial charge in [-0.1, -0.05) is 60.2 Å². The smallest absolute Gasteiger partial charge is 0.0398 e. The van der Waals surface area contributed by atoms with Gasteiger partial charge >= 0.3 is 0 Å². The van der Waals surface area contributed by atoms with Crippen LogP contribution in [-0.2, 0) is 0 Å². The Morgan fingerprint density at radius 2 is 1.00 bits per heavy atom. The van der Waals surface area contributed by atoms with Gasteiger partial charge in [-0.15, -0.1) is 0 Å². The highest BCUT2D eigenvalue weighted by Crippen LogP contribution is 2.06. The summed E-state index contributed by atoms with van der Waals surface area (Å²) < 4.78 is 0. The van der Waals surface area contributed by atoms with Crippen molar-refractivity contribution < 1.29 is 0 Å². The molecule has 0 aliphatic carbocycles. The van der Waals surface area contributed by atoms with Crippen molar-refractivity contribution in [2.24, 2.45) is 0 Å². The zero-order valence-electron chi connectivity index (χ0n) is 8.80. The molecule has 1 aromatic carbocycles. The molecule has 1 rings (SSSR count). The Hall–Kier alpha value is -1.30. The SMILES string of the molecule is C=CC=C.Cc1cc(C)cc(C)c1. The van der Waals surface area contributed by atoms with Crippen LogP contribution in [0.3, 0.4) is 0 Å². The molecule has 0 unspecified atom stereocenters. The summed E-state index contributed by atoms with van der Waals surface area (Å²) in [5.41, 5.74) is 4.06. The van der Waals surface area contributed by atoms with Crippen LogP contribution in [0.2, 0.25) is 0 Å². The predicted octanol–water partition coefficient (Wildman–Crippen LogP) is 3.97. The molecule has 70 valence electrons. The minimum Gasteiger partial charge on any atom is -0.0991 e. The van der Waals surface area contributed by atoms with Gasteiger partial charge in [-0.25, -0.2) is 0 Å². The first-order valence-corrected chi connectivity index (χ1v) is 4.38. The maximum Gasteiger partial charge on any atom is -0.0398 e. The van der Waals surface area contributed by atoms with E-state index >= 15 is 0 Å². The fourth-order valence-corrected chi connectivity index (χ4v) is 1.20. The van der Waals surface area contributed by atoms with Gasteiger partial charge in [0, 0.05) is 0 Å². The molecule has 0 heteroatoms. The fourth-order valence-electron chi connectivity index (χ4n) is 1.20.